The normalized spacial score (nSPS) is 11.3. The van der Waals surface area contributed by atoms with Gasteiger partial charge in [0.2, 0.25) is 5.91 Å². The second kappa shape index (κ2) is 10.8. The number of halogens is 1. The van der Waals surface area contributed by atoms with E-state index in [1.54, 1.807) is 24.3 Å². The first-order chi connectivity index (χ1) is 16.2. The molecule has 0 aliphatic rings. The summed E-state index contributed by atoms with van der Waals surface area (Å²) in [5.74, 6) is -0.789. The van der Waals surface area contributed by atoms with Crippen LogP contribution in [0, 0.1) is 11.3 Å². The summed E-state index contributed by atoms with van der Waals surface area (Å²) in [7, 11) is -4.10. The molecule has 172 valence electrons. The Hall–Kier alpha value is -3.94. The van der Waals surface area contributed by atoms with Gasteiger partial charge in [-0.3, -0.25) is 9.59 Å². The van der Waals surface area contributed by atoms with Crippen molar-refractivity contribution in [3.8, 4) is 11.8 Å². The van der Waals surface area contributed by atoms with Gasteiger partial charge in [-0.25, -0.2) is 0 Å². The summed E-state index contributed by atoms with van der Waals surface area (Å²) in [6, 6.07) is 20.2. The maximum Gasteiger partial charge on any atom is 0.339 e. The first-order valence-corrected chi connectivity index (χ1v) is 12.0. The standard InChI is InChI=1S/C24H18BrN3O5S/c1-16(29)27-20-8-12-23(13-9-20)34(31,32)33-22-10-2-17(3-11-22)14-18(15-26)24(30)28-21-6-4-19(25)5-7-21/h2-14H,1H3,(H,27,29)(H,28,30)/b18-14+. The first kappa shape index (κ1) is 24.7. The van der Waals surface area contributed by atoms with E-state index in [1.807, 2.05) is 6.07 Å². The lowest BCUT2D eigenvalue weighted by Gasteiger charge is -2.08. The Morgan fingerprint density at radius 2 is 1.47 bits per heavy atom. The summed E-state index contributed by atoms with van der Waals surface area (Å²) in [6.07, 6.45) is 1.38. The van der Waals surface area contributed by atoms with Gasteiger partial charge in [-0.2, -0.15) is 13.7 Å². The molecule has 0 radical (unpaired) electrons. The summed E-state index contributed by atoms with van der Waals surface area (Å²) >= 11 is 3.31. The summed E-state index contributed by atoms with van der Waals surface area (Å²) < 4.78 is 31.0. The fraction of sp³-hybridized carbons (Fsp3) is 0.0417. The van der Waals surface area contributed by atoms with Gasteiger partial charge in [0.05, 0.1) is 0 Å². The predicted molar refractivity (Wildman–Crippen MR) is 131 cm³/mol. The number of rotatable bonds is 7. The van der Waals surface area contributed by atoms with Crippen LogP contribution in [-0.2, 0) is 19.7 Å². The summed E-state index contributed by atoms with van der Waals surface area (Å²) in [4.78, 5) is 23.4. The third kappa shape index (κ3) is 6.78. The number of carbonyl (C=O) groups excluding carboxylic acids is 2. The minimum Gasteiger partial charge on any atom is -0.379 e. The number of carbonyl (C=O) groups is 2. The van der Waals surface area contributed by atoms with E-state index in [0.717, 1.165) is 4.47 Å². The average molecular weight is 540 g/mol. The second-order valence-electron chi connectivity index (χ2n) is 6.94. The zero-order valence-electron chi connectivity index (χ0n) is 17.8. The molecule has 0 aliphatic carbocycles. The molecule has 34 heavy (non-hydrogen) atoms. The molecular weight excluding hydrogens is 522 g/mol. The predicted octanol–water partition coefficient (Wildman–Crippen LogP) is 4.72. The molecule has 0 atom stereocenters. The molecule has 8 nitrogen and oxygen atoms in total. The molecule has 0 heterocycles. The third-order valence-electron chi connectivity index (χ3n) is 4.33. The van der Waals surface area contributed by atoms with Gasteiger partial charge in [-0.05, 0) is 72.3 Å². The molecule has 3 rings (SSSR count). The molecule has 2 amide bonds. The van der Waals surface area contributed by atoms with Crippen LogP contribution < -0.4 is 14.8 Å². The number of hydrogen-bond donors (Lipinski definition) is 2. The molecule has 0 aliphatic heterocycles. The highest BCUT2D eigenvalue weighted by molar-refractivity contribution is 9.10. The number of benzene rings is 3. The Bertz CT molecular complexity index is 1380. The number of hydrogen-bond acceptors (Lipinski definition) is 6. The van der Waals surface area contributed by atoms with Crippen molar-refractivity contribution in [2.24, 2.45) is 0 Å². The zero-order valence-corrected chi connectivity index (χ0v) is 20.2. The Morgan fingerprint density at radius 1 is 0.912 bits per heavy atom. The van der Waals surface area contributed by atoms with Gasteiger partial charge in [0, 0.05) is 22.8 Å². The topological polar surface area (TPSA) is 125 Å². The lowest BCUT2D eigenvalue weighted by Crippen LogP contribution is -2.13. The first-order valence-electron chi connectivity index (χ1n) is 9.77. The van der Waals surface area contributed by atoms with Crippen LogP contribution in [-0.4, -0.2) is 20.2 Å². The number of nitriles is 1. The molecule has 0 bridgehead atoms. The number of nitrogens with one attached hydrogen (secondary N) is 2. The number of nitrogens with zero attached hydrogens (tertiary/aromatic N) is 1. The van der Waals surface area contributed by atoms with Crippen LogP contribution in [0.1, 0.15) is 12.5 Å². The molecule has 0 aromatic heterocycles. The molecular formula is C24H18BrN3O5S. The van der Waals surface area contributed by atoms with Crippen LogP contribution in [0.4, 0.5) is 11.4 Å². The van der Waals surface area contributed by atoms with E-state index in [9.17, 15) is 23.3 Å². The van der Waals surface area contributed by atoms with E-state index in [2.05, 4.69) is 26.6 Å². The van der Waals surface area contributed by atoms with Crippen molar-refractivity contribution >= 4 is 55.3 Å². The van der Waals surface area contributed by atoms with Gasteiger partial charge < -0.3 is 14.8 Å². The average Bonchev–Trinajstić information content (AvgIpc) is 2.79. The lowest BCUT2D eigenvalue weighted by molar-refractivity contribution is -0.114. The van der Waals surface area contributed by atoms with E-state index >= 15 is 0 Å². The molecule has 10 heteroatoms. The third-order valence-corrected chi connectivity index (χ3v) is 6.12. The quantitative estimate of drug-likeness (QED) is 0.254. The highest BCUT2D eigenvalue weighted by atomic mass is 79.9. The monoisotopic (exact) mass is 539 g/mol. The number of anilines is 2. The largest absolute Gasteiger partial charge is 0.379 e. The maximum atomic E-state index is 12.5. The van der Waals surface area contributed by atoms with Crippen LogP contribution >= 0.6 is 15.9 Å². The Labute approximate surface area is 205 Å². The smallest absolute Gasteiger partial charge is 0.339 e. The van der Waals surface area contributed by atoms with Gasteiger partial charge in [0.15, 0.2) is 0 Å². The van der Waals surface area contributed by atoms with Crippen molar-refractivity contribution in [1.29, 1.82) is 5.26 Å². The summed E-state index contributed by atoms with van der Waals surface area (Å²) in [5.41, 5.74) is 1.38. The van der Waals surface area contributed by atoms with Gasteiger partial charge >= 0.3 is 10.1 Å². The second-order valence-corrected chi connectivity index (χ2v) is 9.40. The van der Waals surface area contributed by atoms with E-state index < -0.39 is 16.0 Å². The molecule has 0 fully saturated rings. The van der Waals surface area contributed by atoms with Crippen LogP contribution in [0.5, 0.6) is 5.75 Å². The van der Waals surface area contributed by atoms with Crippen molar-refractivity contribution in [1.82, 2.24) is 0 Å². The van der Waals surface area contributed by atoms with Gasteiger partial charge in [-0.15, -0.1) is 0 Å². The lowest BCUT2D eigenvalue weighted by atomic mass is 10.1. The van der Waals surface area contributed by atoms with Gasteiger partial charge in [-0.1, -0.05) is 28.1 Å². The Kier molecular flexibility index (Phi) is 7.83. The van der Waals surface area contributed by atoms with Crippen molar-refractivity contribution in [2.45, 2.75) is 11.8 Å². The van der Waals surface area contributed by atoms with Crippen LogP contribution in [0.15, 0.2) is 87.7 Å². The van der Waals surface area contributed by atoms with Gasteiger partial charge in [0.25, 0.3) is 5.91 Å². The number of amides is 2. The van der Waals surface area contributed by atoms with Crippen molar-refractivity contribution in [2.75, 3.05) is 10.6 Å². The zero-order chi connectivity index (χ0) is 24.7. The van der Waals surface area contributed by atoms with Crippen LogP contribution in [0.2, 0.25) is 0 Å². The van der Waals surface area contributed by atoms with Gasteiger partial charge in [0.1, 0.15) is 22.3 Å². The summed E-state index contributed by atoms with van der Waals surface area (Å²) in [5, 5.41) is 14.6. The Morgan fingerprint density at radius 3 is 2.03 bits per heavy atom. The van der Waals surface area contributed by atoms with Crippen LogP contribution in [0.25, 0.3) is 6.08 Å². The van der Waals surface area contributed by atoms with Crippen molar-refractivity contribution < 1.29 is 22.2 Å². The Balaban J connectivity index is 1.70. The van der Waals surface area contributed by atoms with E-state index in [4.69, 9.17) is 4.18 Å². The van der Waals surface area contributed by atoms with Crippen LogP contribution in [0.3, 0.4) is 0 Å². The van der Waals surface area contributed by atoms with Crippen molar-refractivity contribution in [3.63, 3.8) is 0 Å². The maximum absolute atomic E-state index is 12.5. The molecule has 2 N–H and O–H groups in total. The molecule has 0 saturated heterocycles. The SMILES string of the molecule is CC(=O)Nc1ccc(S(=O)(=O)Oc2ccc(/C=C(\C#N)C(=O)Nc3ccc(Br)cc3)cc2)cc1. The molecule has 0 spiro atoms. The fourth-order valence-corrected chi connectivity index (χ4v) is 3.94. The molecule has 0 saturated carbocycles. The molecule has 3 aromatic rings. The fourth-order valence-electron chi connectivity index (χ4n) is 2.75. The van der Waals surface area contributed by atoms with Crippen molar-refractivity contribution in [3.05, 3.63) is 88.4 Å². The van der Waals surface area contributed by atoms with E-state index in [1.165, 1.54) is 61.5 Å². The molecule has 0 unspecified atom stereocenters. The highest BCUT2D eigenvalue weighted by Crippen LogP contribution is 2.22. The summed E-state index contributed by atoms with van der Waals surface area (Å²) in [6.45, 7) is 1.35. The minimum absolute atomic E-state index is 0.0564. The highest BCUT2D eigenvalue weighted by Gasteiger charge is 2.17. The molecule has 3 aromatic carbocycles. The van der Waals surface area contributed by atoms with E-state index in [-0.39, 0.29) is 22.1 Å². The van der Waals surface area contributed by atoms with E-state index in [0.29, 0.717) is 16.9 Å². The minimum atomic E-state index is -4.10.